The van der Waals surface area contributed by atoms with Crippen LogP contribution in [0.4, 0.5) is 0 Å². The zero-order valence-electron chi connectivity index (χ0n) is 9.32. The first kappa shape index (κ1) is 13.8. The molecule has 1 unspecified atom stereocenters. The van der Waals surface area contributed by atoms with Gasteiger partial charge in [0.15, 0.2) is 6.29 Å². The summed E-state index contributed by atoms with van der Waals surface area (Å²) in [6.45, 7) is 1.89. The summed E-state index contributed by atoms with van der Waals surface area (Å²) in [5, 5.41) is 37.2. The maximum Gasteiger partial charge on any atom is 0.186 e. The minimum absolute atomic E-state index is 0.423. The normalized spacial score (nSPS) is 36.6. The van der Waals surface area contributed by atoms with Crippen molar-refractivity contribution in [1.82, 2.24) is 0 Å². The highest BCUT2D eigenvalue weighted by Gasteiger charge is 2.46. The molecule has 0 amide bonds. The molecule has 4 N–H and O–H groups in total. The second-order valence-electron chi connectivity index (χ2n) is 3.92. The van der Waals surface area contributed by atoms with Crippen LogP contribution in [0.15, 0.2) is 0 Å². The molecule has 1 heterocycles. The van der Waals surface area contributed by atoms with Crippen LogP contribution in [0.2, 0.25) is 0 Å². The maximum atomic E-state index is 9.58. The molecule has 1 aliphatic rings. The van der Waals surface area contributed by atoms with E-state index in [0.29, 0.717) is 6.61 Å². The zero-order valence-corrected chi connectivity index (χ0v) is 9.32. The second-order valence-corrected chi connectivity index (χ2v) is 3.92. The van der Waals surface area contributed by atoms with Gasteiger partial charge >= 0.3 is 0 Å². The number of aliphatic hydroxyl groups excluding tert-OH is 4. The van der Waals surface area contributed by atoms with Crippen LogP contribution < -0.4 is 0 Å². The first-order valence-electron chi connectivity index (χ1n) is 5.54. The van der Waals surface area contributed by atoms with Crippen LogP contribution in [0.3, 0.4) is 0 Å². The molecule has 0 radical (unpaired) electrons. The number of hydrogen-bond acceptors (Lipinski definition) is 6. The van der Waals surface area contributed by atoms with Gasteiger partial charge in [-0.05, 0) is 6.42 Å². The van der Waals surface area contributed by atoms with Crippen LogP contribution in [-0.4, -0.2) is 64.3 Å². The molecule has 0 bridgehead atoms. The molecule has 0 aliphatic carbocycles. The van der Waals surface area contributed by atoms with E-state index in [2.05, 4.69) is 0 Å². The number of unbranched alkanes of at least 4 members (excludes halogenated alkanes) is 1. The predicted octanol–water partition coefficient (Wildman–Crippen LogP) is -1.40. The molecule has 16 heavy (non-hydrogen) atoms. The van der Waals surface area contributed by atoms with Crippen molar-refractivity contribution in [2.24, 2.45) is 0 Å². The van der Waals surface area contributed by atoms with Crippen molar-refractivity contribution >= 4 is 0 Å². The molecular formula is C10H20O6. The molecule has 0 saturated carbocycles. The highest BCUT2D eigenvalue weighted by Crippen LogP contribution is 2.24. The highest BCUT2D eigenvalue weighted by molar-refractivity contribution is 4.90. The van der Waals surface area contributed by atoms with Gasteiger partial charge in [0, 0.05) is 6.61 Å². The monoisotopic (exact) mass is 236 g/mol. The molecule has 1 aliphatic heterocycles. The molecule has 0 aromatic rings. The Hall–Kier alpha value is -0.240. The summed E-state index contributed by atoms with van der Waals surface area (Å²) in [6.07, 6.45) is -3.81. The fraction of sp³-hybridized carbons (Fsp3) is 1.00. The number of hydrogen-bond donors (Lipinski definition) is 4. The summed E-state index contributed by atoms with van der Waals surface area (Å²) in [5.41, 5.74) is 0. The minimum Gasteiger partial charge on any atom is -0.394 e. The van der Waals surface area contributed by atoms with Gasteiger partial charge in [0.2, 0.25) is 0 Å². The van der Waals surface area contributed by atoms with E-state index in [1.165, 1.54) is 0 Å². The Labute approximate surface area is 94.4 Å². The lowest BCUT2D eigenvalue weighted by Gasteiger charge is -2.18. The molecule has 96 valence electrons. The Kier molecular flexibility index (Phi) is 5.60. The molecule has 6 nitrogen and oxygen atoms in total. The first-order chi connectivity index (χ1) is 7.61. The number of ether oxygens (including phenoxy) is 2. The van der Waals surface area contributed by atoms with Gasteiger partial charge in [-0.15, -0.1) is 0 Å². The van der Waals surface area contributed by atoms with Crippen LogP contribution in [0.25, 0.3) is 0 Å². The van der Waals surface area contributed by atoms with E-state index < -0.39 is 37.3 Å². The smallest absolute Gasteiger partial charge is 0.186 e. The average molecular weight is 236 g/mol. The second kappa shape index (κ2) is 6.48. The molecule has 0 spiro atoms. The van der Waals surface area contributed by atoms with Gasteiger partial charge in [0.05, 0.1) is 6.61 Å². The molecule has 5 atom stereocenters. The Balaban J connectivity index is 2.44. The molecule has 0 aromatic carbocycles. The van der Waals surface area contributed by atoms with E-state index in [-0.39, 0.29) is 0 Å². The summed E-state index contributed by atoms with van der Waals surface area (Å²) >= 11 is 0. The first-order valence-corrected chi connectivity index (χ1v) is 5.54. The number of rotatable bonds is 6. The van der Waals surface area contributed by atoms with Crippen LogP contribution in [0.5, 0.6) is 0 Å². The minimum atomic E-state index is -1.24. The van der Waals surface area contributed by atoms with Gasteiger partial charge in [0.1, 0.15) is 24.4 Å². The molecular weight excluding hydrogens is 216 g/mol. The van der Waals surface area contributed by atoms with Gasteiger partial charge < -0.3 is 29.9 Å². The third-order valence-corrected chi connectivity index (χ3v) is 2.60. The third-order valence-electron chi connectivity index (χ3n) is 2.60. The van der Waals surface area contributed by atoms with Crippen molar-refractivity contribution < 1.29 is 29.9 Å². The van der Waals surface area contributed by atoms with Crippen molar-refractivity contribution in [3.63, 3.8) is 0 Å². The van der Waals surface area contributed by atoms with Crippen LogP contribution in [-0.2, 0) is 9.47 Å². The standard InChI is InChI=1S/C10H20O6/c1-2-3-4-15-10-8(14)7(13)9(16-10)6(12)5-11/h6-14H,2-5H2,1H3/t6-,7-,8-,9-,10?/m1/s1. The van der Waals surface area contributed by atoms with Crippen molar-refractivity contribution in [3.05, 3.63) is 0 Å². The van der Waals surface area contributed by atoms with Crippen LogP contribution >= 0.6 is 0 Å². The van der Waals surface area contributed by atoms with Gasteiger partial charge in [-0.25, -0.2) is 0 Å². The van der Waals surface area contributed by atoms with Crippen LogP contribution in [0, 0.1) is 0 Å². The highest BCUT2D eigenvalue weighted by atomic mass is 16.7. The van der Waals surface area contributed by atoms with Gasteiger partial charge in [-0.2, -0.15) is 0 Å². The largest absolute Gasteiger partial charge is 0.394 e. The van der Waals surface area contributed by atoms with E-state index in [4.69, 9.17) is 14.6 Å². The van der Waals surface area contributed by atoms with Crippen molar-refractivity contribution in [2.75, 3.05) is 13.2 Å². The van der Waals surface area contributed by atoms with E-state index in [0.717, 1.165) is 12.8 Å². The summed E-state index contributed by atoms with van der Waals surface area (Å²) in [6, 6.07) is 0. The zero-order chi connectivity index (χ0) is 12.1. The van der Waals surface area contributed by atoms with Gasteiger partial charge in [0.25, 0.3) is 0 Å². The van der Waals surface area contributed by atoms with Gasteiger partial charge in [-0.3, -0.25) is 0 Å². The topological polar surface area (TPSA) is 99.4 Å². The Bertz CT molecular complexity index is 200. The predicted molar refractivity (Wildman–Crippen MR) is 54.6 cm³/mol. The summed E-state index contributed by atoms with van der Waals surface area (Å²) in [5.74, 6) is 0. The SMILES string of the molecule is CCCCOC1O[C@H]([C@H](O)CO)[C@H](O)[C@H]1O. The van der Waals surface area contributed by atoms with E-state index >= 15 is 0 Å². The molecule has 1 fully saturated rings. The summed E-state index contributed by atoms with van der Waals surface area (Å²) < 4.78 is 10.4. The van der Waals surface area contributed by atoms with Gasteiger partial charge in [-0.1, -0.05) is 13.3 Å². The fourth-order valence-corrected chi connectivity index (χ4v) is 1.58. The van der Waals surface area contributed by atoms with Crippen molar-refractivity contribution in [1.29, 1.82) is 0 Å². The number of aliphatic hydroxyl groups is 4. The average Bonchev–Trinajstić information content (AvgIpc) is 2.57. The Morgan fingerprint density at radius 2 is 2.00 bits per heavy atom. The van der Waals surface area contributed by atoms with Crippen molar-refractivity contribution in [2.45, 2.75) is 50.5 Å². The van der Waals surface area contributed by atoms with Crippen molar-refractivity contribution in [3.8, 4) is 0 Å². The molecule has 1 rings (SSSR count). The Morgan fingerprint density at radius 1 is 1.31 bits per heavy atom. The Morgan fingerprint density at radius 3 is 2.56 bits per heavy atom. The van der Waals surface area contributed by atoms with E-state index in [9.17, 15) is 15.3 Å². The maximum absolute atomic E-state index is 9.58. The van der Waals surface area contributed by atoms with Crippen LogP contribution in [0.1, 0.15) is 19.8 Å². The molecule has 1 saturated heterocycles. The van der Waals surface area contributed by atoms with E-state index in [1.807, 2.05) is 6.92 Å². The summed E-state index contributed by atoms with van der Waals surface area (Å²) in [7, 11) is 0. The molecule has 0 aromatic heterocycles. The van der Waals surface area contributed by atoms with E-state index in [1.54, 1.807) is 0 Å². The lowest BCUT2D eigenvalue weighted by atomic mass is 10.1. The lowest BCUT2D eigenvalue weighted by molar-refractivity contribution is -0.180. The quantitative estimate of drug-likeness (QED) is 0.423. The molecule has 6 heteroatoms. The third kappa shape index (κ3) is 3.13. The fourth-order valence-electron chi connectivity index (χ4n) is 1.58. The lowest BCUT2D eigenvalue weighted by Crippen LogP contribution is -2.40. The summed E-state index contributed by atoms with van der Waals surface area (Å²) in [4.78, 5) is 0.